The number of rotatable bonds is 6. The van der Waals surface area contributed by atoms with Crippen LogP contribution in [0.2, 0.25) is 0 Å². The molecular weight excluding hydrogens is 441 g/mol. The SMILES string of the molecule is O=C(C[C@@H](CO)c1ccc(C(F)(F)F)cc1)Nc1nnc(-c2ccc3cnccc3c2)s1. The van der Waals surface area contributed by atoms with Crippen molar-refractivity contribution >= 4 is 33.1 Å². The number of nitrogens with one attached hydrogen (secondary N) is 1. The lowest BCUT2D eigenvalue weighted by molar-refractivity contribution is -0.137. The molecule has 1 atom stereocenters. The van der Waals surface area contributed by atoms with Crippen LogP contribution in [0, 0.1) is 0 Å². The third kappa shape index (κ3) is 4.92. The maximum atomic E-state index is 12.7. The van der Waals surface area contributed by atoms with Gasteiger partial charge < -0.3 is 10.4 Å². The monoisotopic (exact) mass is 458 g/mol. The molecule has 0 fully saturated rings. The summed E-state index contributed by atoms with van der Waals surface area (Å²) in [5, 5.41) is 23.3. The van der Waals surface area contributed by atoms with Crippen molar-refractivity contribution in [3.8, 4) is 10.6 Å². The highest BCUT2D eigenvalue weighted by atomic mass is 32.1. The standard InChI is InChI=1S/C22H17F3N4O2S/c23-22(24,25)18-5-3-13(4-6-18)17(12-30)10-19(31)27-21-29-28-20(32-21)15-1-2-16-11-26-8-7-14(16)9-15/h1-9,11,17,30H,10,12H2,(H,27,29,31)/t17-/m0/s1. The van der Waals surface area contributed by atoms with Crippen LogP contribution in [0.3, 0.4) is 0 Å². The number of hydrogen-bond donors (Lipinski definition) is 2. The Morgan fingerprint density at radius 3 is 2.56 bits per heavy atom. The minimum absolute atomic E-state index is 0.111. The lowest BCUT2D eigenvalue weighted by Gasteiger charge is -2.15. The molecule has 10 heteroatoms. The molecule has 0 radical (unpaired) electrons. The lowest BCUT2D eigenvalue weighted by atomic mass is 9.95. The first-order valence-electron chi connectivity index (χ1n) is 9.59. The third-order valence-electron chi connectivity index (χ3n) is 4.92. The van der Waals surface area contributed by atoms with Gasteiger partial charge in [0.1, 0.15) is 5.01 Å². The summed E-state index contributed by atoms with van der Waals surface area (Å²) in [6, 6.07) is 12.1. The van der Waals surface area contributed by atoms with Crippen LogP contribution in [0.5, 0.6) is 0 Å². The highest BCUT2D eigenvalue weighted by molar-refractivity contribution is 7.18. The number of fused-ring (bicyclic) bond motifs is 1. The molecule has 6 nitrogen and oxygen atoms in total. The average Bonchev–Trinajstić information content (AvgIpc) is 3.25. The molecule has 2 N–H and O–H groups in total. The summed E-state index contributed by atoms with van der Waals surface area (Å²) in [6.45, 7) is -0.383. The number of anilines is 1. The first-order valence-corrected chi connectivity index (χ1v) is 10.4. The number of carbonyl (C=O) groups is 1. The Labute approximate surface area is 184 Å². The first kappa shape index (κ1) is 21.8. The fourth-order valence-corrected chi connectivity index (χ4v) is 3.99. The number of aliphatic hydroxyl groups excluding tert-OH is 1. The number of nitrogens with zero attached hydrogens (tertiary/aromatic N) is 3. The largest absolute Gasteiger partial charge is 0.416 e. The summed E-state index contributed by atoms with van der Waals surface area (Å²) in [5.41, 5.74) is 0.507. The van der Waals surface area contributed by atoms with Crippen LogP contribution >= 0.6 is 11.3 Å². The average molecular weight is 458 g/mol. The Hall–Kier alpha value is -3.37. The van der Waals surface area contributed by atoms with Crippen molar-refractivity contribution in [3.63, 3.8) is 0 Å². The van der Waals surface area contributed by atoms with E-state index < -0.39 is 23.6 Å². The number of aromatic nitrogens is 3. The van der Waals surface area contributed by atoms with Crippen molar-refractivity contribution in [2.75, 3.05) is 11.9 Å². The van der Waals surface area contributed by atoms with Crippen molar-refractivity contribution in [1.82, 2.24) is 15.2 Å². The number of carbonyl (C=O) groups excluding carboxylic acids is 1. The number of aliphatic hydroxyl groups is 1. The molecule has 2 aromatic heterocycles. The fraction of sp³-hybridized carbons (Fsp3) is 0.182. The molecule has 0 spiro atoms. The Morgan fingerprint density at radius 1 is 1.06 bits per heavy atom. The minimum Gasteiger partial charge on any atom is -0.396 e. The van der Waals surface area contributed by atoms with Gasteiger partial charge in [-0.1, -0.05) is 35.6 Å². The second-order valence-corrected chi connectivity index (χ2v) is 8.08. The maximum Gasteiger partial charge on any atom is 0.416 e. The van der Waals surface area contributed by atoms with Crippen molar-refractivity contribution in [2.24, 2.45) is 0 Å². The lowest BCUT2D eigenvalue weighted by Crippen LogP contribution is -2.18. The van der Waals surface area contributed by atoms with E-state index in [0.29, 0.717) is 15.7 Å². The zero-order valence-electron chi connectivity index (χ0n) is 16.5. The zero-order valence-corrected chi connectivity index (χ0v) is 17.3. The third-order valence-corrected chi connectivity index (χ3v) is 5.81. The van der Waals surface area contributed by atoms with E-state index in [2.05, 4.69) is 20.5 Å². The van der Waals surface area contributed by atoms with E-state index in [9.17, 15) is 23.1 Å². The number of amides is 1. The summed E-state index contributed by atoms with van der Waals surface area (Å²) >= 11 is 1.20. The van der Waals surface area contributed by atoms with Crippen LogP contribution in [0.15, 0.2) is 60.9 Å². The van der Waals surface area contributed by atoms with Gasteiger partial charge in [-0.3, -0.25) is 9.78 Å². The molecule has 164 valence electrons. The summed E-state index contributed by atoms with van der Waals surface area (Å²) < 4.78 is 38.2. The topological polar surface area (TPSA) is 88.0 Å². The van der Waals surface area contributed by atoms with Gasteiger partial charge in [0, 0.05) is 35.7 Å². The van der Waals surface area contributed by atoms with E-state index in [0.717, 1.165) is 28.5 Å². The van der Waals surface area contributed by atoms with Crippen LogP contribution in [0.25, 0.3) is 21.3 Å². The van der Waals surface area contributed by atoms with Gasteiger partial charge in [-0.15, -0.1) is 10.2 Å². The van der Waals surface area contributed by atoms with Crippen molar-refractivity contribution in [1.29, 1.82) is 0 Å². The molecule has 0 saturated heterocycles. The normalized spacial score (nSPS) is 12.6. The van der Waals surface area contributed by atoms with Crippen LogP contribution in [0.4, 0.5) is 18.3 Å². The minimum atomic E-state index is -4.44. The van der Waals surface area contributed by atoms with Crippen LogP contribution in [-0.2, 0) is 11.0 Å². The van der Waals surface area contributed by atoms with E-state index >= 15 is 0 Å². The molecule has 0 bridgehead atoms. The van der Waals surface area contributed by atoms with Crippen LogP contribution < -0.4 is 5.32 Å². The highest BCUT2D eigenvalue weighted by Gasteiger charge is 2.30. The molecular formula is C22H17F3N4O2S. The highest BCUT2D eigenvalue weighted by Crippen LogP contribution is 2.31. The molecule has 0 aliphatic carbocycles. The van der Waals surface area contributed by atoms with Crippen LogP contribution in [0.1, 0.15) is 23.5 Å². The van der Waals surface area contributed by atoms with Gasteiger partial charge in [0.2, 0.25) is 11.0 Å². The van der Waals surface area contributed by atoms with Crippen molar-refractivity contribution < 1.29 is 23.1 Å². The summed E-state index contributed by atoms with van der Waals surface area (Å²) in [6.07, 6.45) is -1.09. The van der Waals surface area contributed by atoms with E-state index in [4.69, 9.17) is 0 Å². The quantitative estimate of drug-likeness (QED) is 0.430. The molecule has 1 amide bonds. The number of pyridine rings is 1. The fourth-order valence-electron chi connectivity index (χ4n) is 3.23. The van der Waals surface area contributed by atoms with Crippen molar-refractivity contribution in [2.45, 2.75) is 18.5 Å². The molecule has 32 heavy (non-hydrogen) atoms. The molecule has 4 aromatic rings. The predicted molar refractivity (Wildman–Crippen MR) is 115 cm³/mol. The molecule has 2 heterocycles. The van der Waals surface area contributed by atoms with Gasteiger partial charge in [0.15, 0.2) is 0 Å². The van der Waals surface area contributed by atoms with Gasteiger partial charge in [-0.25, -0.2) is 0 Å². The van der Waals surface area contributed by atoms with Gasteiger partial charge >= 0.3 is 6.18 Å². The Kier molecular flexibility index (Phi) is 6.15. The van der Waals surface area contributed by atoms with Gasteiger partial charge in [0.25, 0.3) is 0 Å². The van der Waals surface area contributed by atoms with E-state index in [1.165, 1.54) is 23.5 Å². The molecule has 0 aliphatic rings. The Morgan fingerprint density at radius 2 is 1.84 bits per heavy atom. The van der Waals surface area contributed by atoms with Crippen molar-refractivity contribution in [3.05, 3.63) is 72.1 Å². The van der Waals surface area contributed by atoms with Gasteiger partial charge in [0.05, 0.1) is 12.2 Å². The van der Waals surface area contributed by atoms with E-state index in [1.807, 2.05) is 24.3 Å². The molecule has 2 aromatic carbocycles. The van der Waals surface area contributed by atoms with Gasteiger partial charge in [-0.2, -0.15) is 13.2 Å². The molecule has 0 aliphatic heterocycles. The number of benzene rings is 2. The zero-order chi connectivity index (χ0) is 22.7. The van der Waals surface area contributed by atoms with Gasteiger partial charge in [-0.05, 0) is 35.2 Å². The van der Waals surface area contributed by atoms with E-state index in [1.54, 1.807) is 12.4 Å². The second kappa shape index (κ2) is 9.01. The maximum absolute atomic E-state index is 12.7. The number of halogens is 3. The Balaban J connectivity index is 1.43. The Bertz CT molecular complexity index is 1240. The molecule has 0 unspecified atom stereocenters. The predicted octanol–water partition coefficient (Wildman–Crippen LogP) is 4.88. The summed E-state index contributed by atoms with van der Waals surface area (Å²) in [7, 11) is 0. The molecule has 0 saturated carbocycles. The number of hydrogen-bond acceptors (Lipinski definition) is 6. The second-order valence-electron chi connectivity index (χ2n) is 7.10. The summed E-state index contributed by atoms with van der Waals surface area (Å²) in [4.78, 5) is 16.5. The first-order chi connectivity index (χ1) is 15.3. The van der Waals surface area contributed by atoms with E-state index in [-0.39, 0.29) is 13.0 Å². The molecule has 4 rings (SSSR count). The summed E-state index contributed by atoms with van der Waals surface area (Å²) in [5.74, 6) is -1.06. The smallest absolute Gasteiger partial charge is 0.396 e. The number of alkyl halides is 3. The van der Waals surface area contributed by atoms with Crippen LogP contribution in [-0.4, -0.2) is 32.8 Å².